The molecule has 0 N–H and O–H groups in total. The first-order chi connectivity index (χ1) is 16.7. The molecule has 6 nitrogen and oxygen atoms in total. The van der Waals surface area contributed by atoms with Crippen LogP contribution < -0.4 is 0 Å². The lowest BCUT2D eigenvalue weighted by molar-refractivity contribution is -0.168. The number of esters is 2. The SMILES string of the molecule is O=C(OCc1ccccc1)c1cc(COC2CCCCO2)cc(C(=O)OCc2ccccc2)c1. The summed E-state index contributed by atoms with van der Waals surface area (Å²) in [5, 5.41) is 0. The third-order valence-electron chi connectivity index (χ3n) is 5.46. The Bertz CT molecular complexity index is 1000. The zero-order chi connectivity index (χ0) is 23.6. The molecule has 3 aromatic rings. The van der Waals surface area contributed by atoms with E-state index in [1.54, 1.807) is 12.1 Å². The quantitative estimate of drug-likeness (QED) is 0.396. The van der Waals surface area contributed by atoms with E-state index < -0.39 is 11.9 Å². The Morgan fingerprint density at radius 2 is 1.26 bits per heavy atom. The molecule has 34 heavy (non-hydrogen) atoms. The molecular formula is C28H28O6. The van der Waals surface area contributed by atoms with Gasteiger partial charge in [-0.15, -0.1) is 0 Å². The first kappa shape index (κ1) is 23.7. The Labute approximate surface area is 199 Å². The summed E-state index contributed by atoms with van der Waals surface area (Å²) in [4.78, 5) is 25.6. The Kier molecular flexibility index (Phi) is 8.43. The van der Waals surface area contributed by atoms with Crippen molar-refractivity contribution in [3.63, 3.8) is 0 Å². The van der Waals surface area contributed by atoms with Crippen molar-refractivity contribution < 1.29 is 28.5 Å². The number of hydrogen-bond donors (Lipinski definition) is 0. The minimum absolute atomic E-state index is 0.143. The summed E-state index contributed by atoms with van der Waals surface area (Å²) in [6.45, 7) is 1.17. The number of rotatable bonds is 9. The Morgan fingerprint density at radius 1 is 0.706 bits per heavy atom. The molecule has 4 rings (SSSR count). The predicted molar refractivity (Wildman–Crippen MR) is 126 cm³/mol. The zero-order valence-electron chi connectivity index (χ0n) is 19.0. The molecule has 3 aromatic carbocycles. The van der Waals surface area contributed by atoms with Gasteiger partial charge < -0.3 is 18.9 Å². The van der Waals surface area contributed by atoms with Gasteiger partial charge in [0.1, 0.15) is 13.2 Å². The summed E-state index contributed by atoms with van der Waals surface area (Å²) < 4.78 is 22.4. The van der Waals surface area contributed by atoms with Gasteiger partial charge in [0.05, 0.1) is 17.7 Å². The van der Waals surface area contributed by atoms with Crippen molar-refractivity contribution in [2.75, 3.05) is 6.61 Å². The molecule has 0 bridgehead atoms. The zero-order valence-corrected chi connectivity index (χ0v) is 19.0. The molecule has 0 aromatic heterocycles. The van der Waals surface area contributed by atoms with Crippen LogP contribution in [0.2, 0.25) is 0 Å². The number of ether oxygens (including phenoxy) is 4. The van der Waals surface area contributed by atoms with Gasteiger partial charge in [-0.3, -0.25) is 0 Å². The predicted octanol–water partition coefficient (Wildman–Crippen LogP) is 5.44. The van der Waals surface area contributed by atoms with Gasteiger partial charge in [-0.25, -0.2) is 9.59 Å². The van der Waals surface area contributed by atoms with Gasteiger partial charge in [-0.2, -0.15) is 0 Å². The average Bonchev–Trinajstić information content (AvgIpc) is 2.90. The molecule has 1 fully saturated rings. The van der Waals surface area contributed by atoms with Crippen LogP contribution in [-0.2, 0) is 38.8 Å². The van der Waals surface area contributed by atoms with Crippen LogP contribution in [0.5, 0.6) is 0 Å². The normalized spacial score (nSPS) is 15.5. The van der Waals surface area contributed by atoms with E-state index in [0.29, 0.717) is 12.2 Å². The second-order valence-electron chi connectivity index (χ2n) is 8.15. The van der Waals surface area contributed by atoms with Crippen LogP contribution in [-0.4, -0.2) is 24.8 Å². The molecule has 0 radical (unpaired) electrons. The van der Waals surface area contributed by atoms with Gasteiger partial charge in [-0.05, 0) is 54.2 Å². The molecule has 1 aliphatic rings. The maximum absolute atomic E-state index is 12.8. The minimum atomic E-state index is -0.517. The molecule has 176 valence electrons. The first-order valence-corrected chi connectivity index (χ1v) is 11.5. The summed E-state index contributed by atoms with van der Waals surface area (Å²) in [6.07, 6.45) is 2.62. The molecule has 6 heteroatoms. The molecule has 1 unspecified atom stereocenters. The lowest BCUT2D eigenvalue weighted by Crippen LogP contribution is -2.22. The van der Waals surface area contributed by atoms with Crippen LogP contribution in [0.4, 0.5) is 0 Å². The third-order valence-corrected chi connectivity index (χ3v) is 5.46. The smallest absolute Gasteiger partial charge is 0.338 e. The maximum atomic E-state index is 12.8. The molecule has 0 aliphatic carbocycles. The van der Waals surface area contributed by atoms with Crippen molar-refractivity contribution in [3.05, 3.63) is 107 Å². The molecule has 0 amide bonds. The van der Waals surface area contributed by atoms with Gasteiger partial charge >= 0.3 is 11.9 Å². The summed E-state index contributed by atoms with van der Waals surface area (Å²) in [6, 6.07) is 23.7. The van der Waals surface area contributed by atoms with Crippen molar-refractivity contribution in [1.82, 2.24) is 0 Å². The fourth-order valence-electron chi connectivity index (χ4n) is 3.66. The van der Waals surface area contributed by atoms with Crippen LogP contribution in [0.1, 0.15) is 56.7 Å². The van der Waals surface area contributed by atoms with Crippen molar-refractivity contribution in [2.24, 2.45) is 0 Å². The van der Waals surface area contributed by atoms with Crippen molar-refractivity contribution in [2.45, 2.75) is 45.4 Å². The Hall–Kier alpha value is -3.48. The molecule has 1 atom stereocenters. The number of hydrogen-bond acceptors (Lipinski definition) is 6. The Balaban J connectivity index is 1.47. The summed E-state index contributed by atoms with van der Waals surface area (Å²) in [7, 11) is 0. The molecule has 1 aliphatic heterocycles. The summed E-state index contributed by atoms with van der Waals surface area (Å²) in [5.74, 6) is -1.03. The van der Waals surface area contributed by atoms with E-state index in [2.05, 4.69) is 0 Å². The number of benzene rings is 3. The fourth-order valence-corrected chi connectivity index (χ4v) is 3.66. The maximum Gasteiger partial charge on any atom is 0.338 e. The van der Waals surface area contributed by atoms with Crippen LogP contribution in [0.25, 0.3) is 0 Å². The number of carbonyl (C=O) groups is 2. The molecule has 1 heterocycles. The largest absolute Gasteiger partial charge is 0.457 e. The molecular weight excluding hydrogens is 432 g/mol. The van der Waals surface area contributed by atoms with Crippen LogP contribution in [0.3, 0.4) is 0 Å². The third kappa shape index (κ3) is 7.01. The first-order valence-electron chi connectivity index (χ1n) is 11.5. The van der Waals surface area contributed by atoms with Gasteiger partial charge in [0.25, 0.3) is 0 Å². The molecule has 0 spiro atoms. The topological polar surface area (TPSA) is 71.1 Å². The second-order valence-corrected chi connectivity index (χ2v) is 8.15. The monoisotopic (exact) mass is 460 g/mol. The molecule has 1 saturated heterocycles. The highest BCUT2D eigenvalue weighted by Gasteiger charge is 2.18. The average molecular weight is 461 g/mol. The van der Waals surface area contributed by atoms with Crippen molar-refractivity contribution >= 4 is 11.9 Å². The van der Waals surface area contributed by atoms with E-state index in [1.165, 1.54) is 6.07 Å². The van der Waals surface area contributed by atoms with Gasteiger partial charge in [0, 0.05) is 6.61 Å². The van der Waals surface area contributed by atoms with Gasteiger partial charge in [0.15, 0.2) is 6.29 Å². The summed E-state index contributed by atoms with van der Waals surface area (Å²) >= 11 is 0. The van der Waals surface area contributed by atoms with E-state index >= 15 is 0 Å². The van der Waals surface area contributed by atoms with E-state index in [4.69, 9.17) is 18.9 Å². The lowest BCUT2D eigenvalue weighted by Gasteiger charge is -2.22. The van der Waals surface area contributed by atoms with E-state index in [-0.39, 0.29) is 37.2 Å². The van der Waals surface area contributed by atoms with E-state index in [0.717, 1.165) is 30.4 Å². The lowest BCUT2D eigenvalue weighted by atomic mass is 10.1. The van der Waals surface area contributed by atoms with Crippen LogP contribution in [0, 0.1) is 0 Å². The fraction of sp³-hybridized carbons (Fsp3) is 0.286. The highest BCUT2D eigenvalue weighted by atomic mass is 16.7. The second kappa shape index (κ2) is 12.1. The van der Waals surface area contributed by atoms with E-state index in [1.807, 2.05) is 60.7 Å². The highest BCUT2D eigenvalue weighted by Crippen LogP contribution is 2.19. The molecule has 0 saturated carbocycles. The van der Waals surface area contributed by atoms with Gasteiger partial charge in [0.2, 0.25) is 0 Å². The summed E-state index contributed by atoms with van der Waals surface area (Å²) in [5.41, 5.74) is 2.98. The van der Waals surface area contributed by atoms with Crippen molar-refractivity contribution in [1.29, 1.82) is 0 Å². The standard InChI is InChI=1S/C28H28O6/c29-27(33-18-21-9-3-1-4-10-21)24-15-23(20-32-26-13-7-8-14-31-26)16-25(17-24)28(30)34-19-22-11-5-2-6-12-22/h1-6,9-12,15-17,26H,7-8,13-14,18-20H2. The Morgan fingerprint density at radius 3 is 1.76 bits per heavy atom. The minimum Gasteiger partial charge on any atom is -0.457 e. The van der Waals surface area contributed by atoms with Crippen LogP contribution in [0.15, 0.2) is 78.9 Å². The van der Waals surface area contributed by atoms with E-state index in [9.17, 15) is 9.59 Å². The van der Waals surface area contributed by atoms with Crippen molar-refractivity contribution in [3.8, 4) is 0 Å². The van der Waals surface area contributed by atoms with Gasteiger partial charge in [-0.1, -0.05) is 60.7 Å². The highest BCUT2D eigenvalue weighted by molar-refractivity contribution is 5.95. The van der Waals surface area contributed by atoms with Crippen LogP contribution >= 0.6 is 0 Å². The number of carbonyl (C=O) groups excluding carboxylic acids is 2.